The molecular weight excluding hydrogens is 380 g/mol. The van der Waals surface area contributed by atoms with Gasteiger partial charge in [0.2, 0.25) is 0 Å². The van der Waals surface area contributed by atoms with E-state index in [0.717, 1.165) is 48.0 Å². The first-order valence-electron chi connectivity index (χ1n) is 9.83. The van der Waals surface area contributed by atoms with Crippen molar-refractivity contribution >= 4 is 29.1 Å². The number of piperidine rings is 1. The van der Waals surface area contributed by atoms with Gasteiger partial charge in [-0.3, -0.25) is 10.2 Å². The molecule has 1 aromatic carbocycles. The van der Waals surface area contributed by atoms with Crippen LogP contribution in [0.5, 0.6) is 0 Å². The van der Waals surface area contributed by atoms with Crippen molar-refractivity contribution in [1.29, 1.82) is 5.41 Å². The van der Waals surface area contributed by atoms with Gasteiger partial charge < -0.3 is 19.9 Å². The number of nitrogens with one attached hydrogen (secondary N) is 1. The summed E-state index contributed by atoms with van der Waals surface area (Å²) in [5.41, 5.74) is 8.85. The molecule has 154 valence electrons. The lowest BCUT2D eigenvalue weighted by molar-refractivity contribution is 0.0269. The SMILES string of the molecule is COC1CCCN(C(=O)c2cnc3c(ccn3-c3ccc(C(N)=NC=N)cc3)c2)C1. The molecule has 1 atom stereocenters. The molecule has 30 heavy (non-hydrogen) atoms. The number of carbonyl (C=O) groups excluding carboxylic acids is 1. The van der Waals surface area contributed by atoms with Gasteiger partial charge in [-0.15, -0.1) is 0 Å². The molecule has 8 nitrogen and oxygen atoms in total. The summed E-state index contributed by atoms with van der Waals surface area (Å²) in [5, 5.41) is 7.92. The van der Waals surface area contributed by atoms with Crippen molar-refractivity contribution in [2.24, 2.45) is 10.7 Å². The van der Waals surface area contributed by atoms with Crippen LogP contribution in [0.15, 0.2) is 53.8 Å². The van der Waals surface area contributed by atoms with Gasteiger partial charge in [-0.2, -0.15) is 0 Å². The Morgan fingerprint density at radius 1 is 1.30 bits per heavy atom. The molecule has 0 radical (unpaired) electrons. The van der Waals surface area contributed by atoms with Gasteiger partial charge in [-0.1, -0.05) is 0 Å². The number of pyridine rings is 1. The van der Waals surface area contributed by atoms with E-state index in [2.05, 4.69) is 9.98 Å². The van der Waals surface area contributed by atoms with Crippen LogP contribution < -0.4 is 5.73 Å². The minimum atomic E-state index is -0.00999. The number of benzene rings is 1. The lowest BCUT2D eigenvalue weighted by atomic mass is 10.1. The molecular formula is C22H24N6O2. The average Bonchev–Trinajstić information content (AvgIpc) is 3.22. The fraction of sp³-hybridized carbons (Fsp3) is 0.273. The van der Waals surface area contributed by atoms with Crippen LogP contribution in [-0.4, -0.2) is 58.8 Å². The van der Waals surface area contributed by atoms with Crippen LogP contribution in [-0.2, 0) is 4.74 Å². The maximum Gasteiger partial charge on any atom is 0.255 e. The predicted molar refractivity (Wildman–Crippen MR) is 117 cm³/mol. The maximum absolute atomic E-state index is 12.9. The van der Waals surface area contributed by atoms with Crippen LogP contribution in [0, 0.1) is 5.41 Å². The number of amides is 1. The third kappa shape index (κ3) is 3.81. The second kappa shape index (κ2) is 8.46. The molecule has 0 aliphatic carbocycles. The molecule has 1 unspecified atom stereocenters. The van der Waals surface area contributed by atoms with Crippen LogP contribution in [0.3, 0.4) is 0 Å². The van der Waals surface area contributed by atoms with Crippen molar-refractivity contribution in [3.05, 3.63) is 59.9 Å². The van der Waals surface area contributed by atoms with E-state index in [4.69, 9.17) is 15.9 Å². The summed E-state index contributed by atoms with van der Waals surface area (Å²) in [6, 6.07) is 11.4. The van der Waals surface area contributed by atoms with Crippen molar-refractivity contribution in [3.8, 4) is 5.69 Å². The molecule has 1 fully saturated rings. The fourth-order valence-electron chi connectivity index (χ4n) is 3.78. The number of ether oxygens (including phenoxy) is 1. The molecule has 0 spiro atoms. The highest BCUT2D eigenvalue weighted by molar-refractivity contribution is 6.01. The van der Waals surface area contributed by atoms with Crippen molar-refractivity contribution in [2.45, 2.75) is 18.9 Å². The third-order valence-corrected chi connectivity index (χ3v) is 5.42. The first kappa shape index (κ1) is 19.8. The van der Waals surface area contributed by atoms with Gasteiger partial charge >= 0.3 is 0 Å². The van der Waals surface area contributed by atoms with Crippen LogP contribution in [0.2, 0.25) is 0 Å². The van der Waals surface area contributed by atoms with E-state index in [0.29, 0.717) is 17.9 Å². The van der Waals surface area contributed by atoms with E-state index in [-0.39, 0.29) is 12.0 Å². The zero-order chi connectivity index (χ0) is 21.1. The first-order chi connectivity index (χ1) is 14.6. The molecule has 4 rings (SSSR count). The van der Waals surface area contributed by atoms with Crippen molar-refractivity contribution in [2.75, 3.05) is 20.2 Å². The summed E-state index contributed by atoms with van der Waals surface area (Å²) in [5.74, 6) is 0.285. The molecule has 1 aliphatic rings. The van der Waals surface area contributed by atoms with E-state index in [1.807, 2.05) is 52.1 Å². The largest absolute Gasteiger partial charge is 0.383 e. The zero-order valence-electron chi connectivity index (χ0n) is 16.8. The fourth-order valence-corrected chi connectivity index (χ4v) is 3.78. The highest BCUT2D eigenvalue weighted by atomic mass is 16.5. The lowest BCUT2D eigenvalue weighted by Gasteiger charge is -2.31. The Balaban J connectivity index is 1.59. The molecule has 2 aromatic heterocycles. The lowest BCUT2D eigenvalue weighted by Crippen LogP contribution is -2.42. The van der Waals surface area contributed by atoms with Crippen molar-refractivity contribution < 1.29 is 9.53 Å². The van der Waals surface area contributed by atoms with E-state index in [1.54, 1.807) is 13.3 Å². The predicted octanol–water partition coefficient (Wildman–Crippen LogP) is 2.59. The standard InChI is InChI=1S/C22H24N6O2/c1-30-19-3-2-9-27(13-19)22(29)17-11-16-8-10-28(21(16)25-12-17)18-6-4-15(5-7-18)20(24)26-14-23/h4-8,10-12,14,19H,2-3,9,13H2,1H3,(H3,23,24,26). The molecule has 3 heterocycles. The summed E-state index contributed by atoms with van der Waals surface area (Å²) < 4.78 is 7.39. The Labute approximate surface area is 174 Å². The van der Waals surface area contributed by atoms with Gasteiger partial charge in [-0.25, -0.2) is 9.98 Å². The van der Waals surface area contributed by atoms with E-state index < -0.39 is 0 Å². The van der Waals surface area contributed by atoms with Gasteiger partial charge in [0.15, 0.2) is 0 Å². The number of rotatable bonds is 5. The Bertz CT molecular complexity index is 1100. The van der Waals surface area contributed by atoms with Crippen molar-refractivity contribution in [3.63, 3.8) is 0 Å². The van der Waals surface area contributed by atoms with Crippen LogP contribution in [0.25, 0.3) is 16.7 Å². The number of carbonyl (C=O) groups is 1. The number of hydrogen-bond acceptors (Lipinski definition) is 4. The number of aromatic nitrogens is 2. The number of nitrogens with zero attached hydrogens (tertiary/aromatic N) is 4. The zero-order valence-corrected chi connectivity index (χ0v) is 16.8. The first-order valence-corrected chi connectivity index (χ1v) is 9.83. The highest BCUT2D eigenvalue weighted by Gasteiger charge is 2.24. The number of aliphatic imine (C=N–C) groups is 1. The van der Waals surface area contributed by atoms with Gasteiger partial charge in [0.05, 0.1) is 11.7 Å². The second-order valence-electron chi connectivity index (χ2n) is 7.26. The molecule has 1 aliphatic heterocycles. The van der Waals surface area contributed by atoms with E-state index in [9.17, 15) is 4.79 Å². The van der Waals surface area contributed by atoms with E-state index >= 15 is 0 Å². The van der Waals surface area contributed by atoms with Crippen LogP contribution in [0.4, 0.5) is 0 Å². The topological polar surface area (TPSA) is 110 Å². The summed E-state index contributed by atoms with van der Waals surface area (Å²) in [4.78, 5) is 23.1. The molecule has 1 amide bonds. The minimum Gasteiger partial charge on any atom is -0.383 e. The monoisotopic (exact) mass is 404 g/mol. The quantitative estimate of drug-likeness (QED) is 0.503. The number of fused-ring (bicyclic) bond motifs is 1. The average molecular weight is 404 g/mol. The van der Waals surface area contributed by atoms with Gasteiger partial charge in [0.25, 0.3) is 5.91 Å². The Morgan fingerprint density at radius 2 is 2.10 bits per heavy atom. The third-order valence-electron chi connectivity index (χ3n) is 5.42. The minimum absolute atomic E-state index is 0.00999. The molecule has 3 N–H and O–H groups in total. The Hall–Kier alpha value is -3.52. The molecule has 3 aromatic rings. The number of amidine groups is 1. The number of hydrogen-bond donors (Lipinski definition) is 2. The Morgan fingerprint density at radius 3 is 2.83 bits per heavy atom. The highest BCUT2D eigenvalue weighted by Crippen LogP contribution is 2.22. The summed E-state index contributed by atoms with van der Waals surface area (Å²) in [7, 11) is 1.69. The normalized spacial score (nSPS) is 17.3. The second-order valence-corrected chi connectivity index (χ2v) is 7.26. The number of methoxy groups -OCH3 is 1. The molecule has 8 heteroatoms. The molecule has 1 saturated heterocycles. The maximum atomic E-state index is 12.9. The Kier molecular flexibility index (Phi) is 5.58. The smallest absolute Gasteiger partial charge is 0.255 e. The van der Waals surface area contributed by atoms with Gasteiger partial charge in [0.1, 0.15) is 17.8 Å². The summed E-state index contributed by atoms with van der Waals surface area (Å²) in [6.45, 7) is 1.36. The number of likely N-dealkylation sites (tertiary alicyclic amines) is 1. The summed E-state index contributed by atoms with van der Waals surface area (Å²) in [6.07, 6.45) is 6.52. The molecule has 0 bridgehead atoms. The van der Waals surface area contributed by atoms with Crippen LogP contribution >= 0.6 is 0 Å². The van der Waals surface area contributed by atoms with Crippen LogP contribution in [0.1, 0.15) is 28.8 Å². The van der Waals surface area contributed by atoms with Crippen molar-refractivity contribution in [1.82, 2.24) is 14.5 Å². The van der Waals surface area contributed by atoms with Gasteiger partial charge in [0, 0.05) is 49.2 Å². The molecule has 0 saturated carbocycles. The number of nitrogens with two attached hydrogens (primary N) is 1. The summed E-state index contributed by atoms with van der Waals surface area (Å²) >= 11 is 0. The van der Waals surface area contributed by atoms with Gasteiger partial charge in [-0.05, 0) is 49.2 Å². The van der Waals surface area contributed by atoms with E-state index in [1.165, 1.54) is 0 Å².